The van der Waals surface area contributed by atoms with Crippen LogP contribution in [-0.4, -0.2) is 58.1 Å². The van der Waals surface area contributed by atoms with Crippen LogP contribution in [0.5, 0.6) is 0 Å². The van der Waals surface area contributed by atoms with Gasteiger partial charge in [0.05, 0.1) is 47.2 Å². The van der Waals surface area contributed by atoms with Gasteiger partial charge in [0.1, 0.15) is 11.6 Å². The molecule has 194 valence electrons. The summed E-state index contributed by atoms with van der Waals surface area (Å²) in [5.74, 6) is -1.51. The van der Waals surface area contributed by atoms with E-state index in [9.17, 15) is 19.1 Å². The number of aliphatic hydroxyl groups excluding tert-OH is 1. The van der Waals surface area contributed by atoms with E-state index in [0.29, 0.717) is 24.6 Å². The molecule has 0 bridgehead atoms. The number of hydrogen-bond acceptors (Lipinski definition) is 6. The molecule has 3 heterocycles. The lowest BCUT2D eigenvalue weighted by Crippen LogP contribution is -2.53. The number of amides is 2. The van der Waals surface area contributed by atoms with Crippen LogP contribution in [-0.2, 0) is 4.74 Å². The van der Waals surface area contributed by atoms with Crippen molar-refractivity contribution in [2.24, 2.45) is 5.41 Å². The molecule has 2 amide bonds. The predicted octanol–water partition coefficient (Wildman–Crippen LogP) is 3.72. The molecule has 2 aromatic carbocycles. The molecule has 1 aliphatic rings. The number of nitrogens with one attached hydrogen (secondary N) is 2. The van der Waals surface area contributed by atoms with Crippen molar-refractivity contribution in [1.29, 1.82) is 0 Å². The van der Waals surface area contributed by atoms with Gasteiger partial charge in [0.25, 0.3) is 11.8 Å². The summed E-state index contributed by atoms with van der Waals surface area (Å²) in [6, 6.07) is 17.8. The normalized spacial score (nSPS) is 14.0. The zero-order chi connectivity index (χ0) is 26.7. The molecule has 5 rings (SSSR count). The van der Waals surface area contributed by atoms with Crippen LogP contribution in [0.15, 0.2) is 72.9 Å². The molecule has 0 saturated carbocycles. The number of aromatic nitrogens is 3. The molecule has 2 aromatic heterocycles. The van der Waals surface area contributed by atoms with Crippen molar-refractivity contribution in [3.63, 3.8) is 0 Å². The molecule has 0 aliphatic carbocycles. The first-order valence-corrected chi connectivity index (χ1v) is 12.1. The Bertz CT molecular complexity index is 1470. The summed E-state index contributed by atoms with van der Waals surface area (Å²) < 4.78 is 21.2. The van der Waals surface area contributed by atoms with Crippen molar-refractivity contribution in [3.8, 4) is 16.9 Å². The van der Waals surface area contributed by atoms with Gasteiger partial charge in [0.15, 0.2) is 5.69 Å². The first-order chi connectivity index (χ1) is 18.4. The first-order valence-electron chi connectivity index (χ1n) is 11.7. The van der Waals surface area contributed by atoms with E-state index >= 15 is 0 Å². The van der Waals surface area contributed by atoms with Crippen LogP contribution in [0.4, 0.5) is 10.2 Å². The van der Waals surface area contributed by atoms with E-state index in [1.165, 1.54) is 23.0 Å². The van der Waals surface area contributed by atoms with E-state index in [0.717, 1.165) is 6.07 Å². The van der Waals surface area contributed by atoms with E-state index in [-0.39, 0.29) is 40.8 Å². The Kier molecular flexibility index (Phi) is 7.19. The van der Waals surface area contributed by atoms with Gasteiger partial charge in [0, 0.05) is 24.4 Å². The molecule has 3 N–H and O–H groups in total. The highest BCUT2D eigenvalue weighted by Crippen LogP contribution is 2.29. The fourth-order valence-electron chi connectivity index (χ4n) is 3.97. The number of halogens is 2. The number of pyridine rings is 1. The summed E-state index contributed by atoms with van der Waals surface area (Å²) in [7, 11) is 0. The van der Waals surface area contributed by atoms with Gasteiger partial charge < -0.3 is 20.5 Å². The SMILES string of the molecule is O=C(NCC1(CO)COC1)c1cc(NC(=O)c2cc(-c3ccccn3)c(F)cc2Cl)n(-c2ccccc2)n1. The van der Waals surface area contributed by atoms with E-state index < -0.39 is 23.0 Å². The van der Waals surface area contributed by atoms with Gasteiger partial charge in [-0.05, 0) is 36.4 Å². The average molecular weight is 536 g/mol. The number of carbonyl (C=O) groups excluding carboxylic acids is 2. The maximum absolute atomic E-state index is 14.7. The zero-order valence-corrected chi connectivity index (χ0v) is 20.8. The van der Waals surface area contributed by atoms with Crippen molar-refractivity contribution >= 4 is 29.2 Å². The number of hydrogen-bond donors (Lipinski definition) is 3. The molecule has 9 nitrogen and oxygen atoms in total. The van der Waals surface area contributed by atoms with E-state index in [1.54, 1.807) is 42.5 Å². The maximum Gasteiger partial charge on any atom is 0.271 e. The highest BCUT2D eigenvalue weighted by molar-refractivity contribution is 6.34. The van der Waals surface area contributed by atoms with Gasteiger partial charge in [-0.15, -0.1) is 0 Å². The Hall–Kier alpha value is -4.12. The Labute approximate surface area is 222 Å². The molecule has 0 atom stereocenters. The third-order valence-electron chi connectivity index (χ3n) is 6.20. The molecule has 4 aromatic rings. The van der Waals surface area contributed by atoms with E-state index in [2.05, 4.69) is 20.7 Å². The quantitative estimate of drug-likeness (QED) is 0.316. The Morgan fingerprint density at radius 1 is 1.08 bits per heavy atom. The maximum atomic E-state index is 14.7. The number of nitrogens with zero attached hydrogens (tertiary/aromatic N) is 3. The van der Waals surface area contributed by atoms with Crippen LogP contribution in [0.3, 0.4) is 0 Å². The van der Waals surface area contributed by atoms with Crippen molar-refractivity contribution < 1.29 is 23.8 Å². The molecule has 1 fully saturated rings. The molecule has 0 radical (unpaired) electrons. The van der Waals surface area contributed by atoms with Crippen LogP contribution in [0, 0.1) is 11.2 Å². The highest BCUT2D eigenvalue weighted by Gasteiger charge is 2.38. The number of rotatable bonds is 8. The molecular formula is C27H23ClFN5O4. The lowest BCUT2D eigenvalue weighted by molar-refractivity contribution is -0.133. The summed E-state index contributed by atoms with van der Waals surface area (Å²) >= 11 is 6.24. The van der Waals surface area contributed by atoms with Gasteiger partial charge in [0.2, 0.25) is 0 Å². The van der Waals surface area contributed by atoms with Gasteiger partial charge in [-0.2, -0.15) is 5.10 Å². The van der Waals surface area contributed by atoms with E-state index in [1.807, 2.05) is 6.07 Å². The third kappa shape index (κ3) is 5.14. The standard InChI is InChI=1S/C27H23ClFN5O4/c28-20-11-21(29)19(22-8-4-5-9-30-22)10-18(20)25(36)32-24-12-23(33-34(24)17-6-2-1-3-7-17)26(37)31-13-27(14-35)15-38-16-27/h1-12,35H,13-16H2,(H,31,37)(H,32,36). The molecule has 0 spiro atoms. The molecule has 1 aliphatic heterocycles. The second kappa shape index (κ2) is 10.7. The van der Waals surface area contributed by atoms with Gasteiger partial charge in [-0.25, -0.2) is 9.07 Å². The highest BCUT2D eigenvalue weighted by atomic mass is 35.5. The predicted molar refractivity (Wildman–Crippen MR) is 139 cm³/mol. The minimum absolute atomic E-state index is 0.0235. The largest absolute Gasteiger partial charge is 0.396 e. The summed E-state index contributed by atoms with van der Waals surface area (Å²) in [5, 5.41) is 19.4. The van der Waals surface area contributed by atoms with Crippen LogP contribution in [0.1, 0.15) is 20.8 Å². The monoisotopic (exact) mass is 535 g/mol. The fraction of sp³-hybridized carbons (Fsp3) is 0.185. The molecule has 38 heavy (non-hydrogen) atoms. The topological polar surface area (TPSA) is 118 Å². The fourth-order valence-corrected chi connectivity index (χ4v) is 4.21. The van der Waals surface area contributed by atoms with Crippen LogP contribution < -0.4 is 10.6 Å². The van der Waals surface area contributed by atoms with Gasteiger partial charge >= 0.3 is 0 Å². The Morgan fingerprint density at radius 2 is 1.84 bits per heavy atom. The van der Waals surface area contributed by atoms with Crippen molar-refractivity contribution in [2.45, 2.75) is 0 Å². The minimum Gasteiger partial charge on any atom is -0.396 e. The van der Waals surface area contributed by atoms with Crippen LogP contribution in [0.25, 0.3) is 16.9 Å². The average Bonchev–Trinajstić information content (AvgIpc) is 3.33. The van der Waals surface area contributed by atoms with E-state index in [4.69, 9.17) is 16.3 Å². The number of aliphatic hydroxyl groups is 1. The molecule has 1 saturated heterocycles. The second-order valence-electron chi connectivity index (χ2n) is 8.98. The third-order valence-corrected chi connectivity index (χ3v) is 6.52. The van der Waals surface area contributed by atoms with Crippen molar-refractivity contribution in [3.05, 3.63) is 95.0 Å². The second-order valence-corrected chi connectivity index (χ2v) is 9.38. The number of para-hydroxylation sites is 1. The zero-order valence-electron chi connectivity index (χ0n) is 20.0. The minimum atomic E-state index is -0.623. The van der Waals surface area contributed by atoms with Crippen LogP contribution >= 0.6 is 11.6 Å². The number of carbonyl (C=O) groups is 2. The summed E-state index contributed by atoms with van der Waals surface area (Å²) in [4.78, 5) is 30.4. The Balaban J connectivity index is 1.44. The lowest BCUT2D eigenvalue weighted by atomic mass is 9.87. The summed E-state index contributed by atoms with van der Waals surface area (Å²) in [6.07, 6.45) is 1.52. The van der Waals surface area contributed by atoms with Crippen molar-refractivity contribution in [1.82, 2.24) is 20.1 Å². The van der Waals surface area contributed by atoms with Crippen molar-refractivity contribution in [2.75, 3.05) is 31.7 Å². The summed E-state index contributed by atoms with van der Waals surface area (Å²) in [5.41, 5.74) is 0.628. The van der Waals surface area contributed by atoms with Crippen LogP contribution in [0.2, 0.25) is 5.02 Å². The lowest BCUT2D eigenvalue weighted by Gasteiger charge is -2.39. The Morgan fingerprint density at radius 3 is 2.50 bits per heavy atom. The number of anilines is 1. The summed E-state index contributed by atoms with van der Waals surface area (Å²) in [6.45, 7) is 0.792. The smallest absolute Gasteiger partial charge is 0.271 e. The van der Waals surface area contributed by atoms with Gasteiger partial charge in [-0.1, -0.05) is 35.9 Å². The number of benzene rings is 2. The molecular weight excluding hydrogens is 513 g/mol. The number of ether oxygens (including phenoxy) is 1. The molecule has 11 heteroatoms. The molecule has 0 unspecified atom stereocenters. The van der Waals surface area contributed by atoms with Gasteiger partial charge in [-0.3, -0.25) is 14.6 Å². The first kappa shape index (κ1) is 25.5.